The van der Waals surface area contributed by atoms with Crippen molar-refractivity contribution in [2.45, 2.75) is 51.1 Å². The van der Waals surface area contributed by atoms with Gasteiger partial charge in [0.05, 0.1) is 22.8 Å². The molecule has 1 saturated carbocycles. The normalized spacial score (nSPS) is 14.8. The monoisotopic (exact) mass is 362 g/mol. The zero-order chi connectivity index (χ0) is 17.8. The Balaban J connectivity index is 1.50. The lowest BCUT2D eigenvalue weighted by atomic mass is 10.2. The number of hydrogen-bond donors (Lipinski definition) is 2. The van der Waals surface area contributed by atoms with E-state index in [1.165, 1.54) is 12.8 Å². The average Bonchev–Trinajstić information content (AvgIpc) is 3.20. The number of carbonyl (C=O) groups is 2. The molecule has 1 aromatic carbocycles. The molecule has 2 aromatic rings. The number of aromatic nitrogens is 2. The molecule has 0 aliphatic heterocycles. The maximum Gasteiger partial charge on any atom is 0.220 e. The van der Waals surface area contributed by atoms with Crippen LogP contribution in [0.3, 0.4) is 0 Å². The standard InChI is InChI=1S/C18H23ClN4O2/c1-23-15-8-4-7-13(19)18(15)14(22-23)11-20-16(24)9-10-17(25)21-12-5-2-3-6-12/h4,7-8,12H,2-3,5-6,9-11H2,1H3,(H,20,24)(H,21,25). The van der Waals surface area contributed by atoms with Gasteiger partial charge in [0.15, 0.2) is 0 Å². The molecule has 25 heavy (non-hydrogen) atoms. The third kappa shape index (κ3) is 4.31. The SMILES string of the molecule is Cn1nc(CNC(=O)CCC(=O)NC2CCCC2)c2c(Cl)cccc21. The molecular weight excluding hydrogens is 340 g/mol. The Bertz CT molecular complexity index is 781. The summed E-state index contributed by atoms with van der Waals surface area (Å²) in [4.78, 5) is 23.9. The second-order valence-corrected chi connectivity index (χ2v) is 6.94. The van der Waals surface area contributed by atoms with Crippen LogP contribution in [0.15, 0.2) is 18.2 Å². The summed E-state index contributed by atoms with van der Waals surface area (Å²) in [5, 5.41) is 11.7. The molecule has 1 aliphatic carbocycles. The quantitative estimate of drug-likeness (QED) is 0.829. The minimum atomic E-state index is -0.160. The Hall–Kier alpha value is -2.08. The fraction of sp³-hybridized carbons (Fsp3) is 0.500. The van der Waals surface area contributed by atoms with Crippen LogP contribution in [0.25, 0.3) is 10.9 Å². The number of fused-ring (bicyclic) bond motifs is 1. The van der Waals surface area contributed by atoms with E-state index in [2.05, 4.69) is 15.7 Å². The highest BCUT2D eigenvalue weighted by atomic mass is 35.5. The first-order valence-electron chi connectivity index (χ1n) is 8.71. The lowest BCUT2D eigenvalue weighted by Gasteiger charge is -2.11. The van der Waals surface area contributed by atoms with E-state index in [-0.39, 0.29) is 30.7 Å². The molecule has 3 rings (SSSR count). The van der Waals surface area contributed by atoms with Gasteiger partial charge < -0.3 is 10.6 Å². The van der Waals surface area contributed by atoms with Crippen molar-refractivity contribution in [1.29, 1.82) is 0 Å². The number of hydrogen-bond acceptors (Lipinski definition) is 3. The van der Waals surface area contributed by atoms with Crippen LogP contribution in [-0.4, -0.2) is 27.6 Å². The van der Waals surface area contributed by atoms with Crippen molar-refractivity contribution >= 4 is 34.3 Å². The summed E-state index contributed by atoms with van der Waals surface area (Å²) in [5.74, 6) is -0.208. The van der Waals surface area contributed by atoms with E-state index in [0.29, 0.717) is 11.6 Å². The smallest absolute Gasteiger partial charge is 0.220 e. The molecule has 7 heteroatoms. The van der Waals surface area contributed by atoms with E-state index in [9.17, 15) is 9.59 Å². The van der Waals surface area contributed by atoms with Gasteiger partial charge in [-0.3, -0.25) is 14.3 Å². The zero-order valence-electron chi connectivity index (χ0n) is 14.3. The van der Waals surface area contributed by atoms with Gasteiger partial charge in [0.25, 0.3) is 0 Å². The third-order valence-electron chi connectivity index (χ3n) is 4.65. The van der Waals surface area contributed by atoms with Crippen LogP contribution in [0.1, 0.15) is 44.2 Å². The van der Waals surface area contributed by atoms with Crippen LogP contribution < -0.4 is 10.6 Å². The zero-order valence-corrected chi connectivity index (χ0v) is 15.1. The first-order chi connectivity index (χ1) is 12.0. The van der Waals surface area contributed by atoms with Crippen LogP contribution >= 0.6 is 11.6 Å². The second kappa shape index (κ2) is 7.87. The molecule has 0 unspecified atom stereocenters. The van der Waals surface area contributed by atoms with Gasteiger partial charge in [-0.1, -0.05) is 30.5 Å². The minimum absolute atomic E-state index is 0.0478. The van der Waals surface area contributed by atoms with E-state index < -0.39 is 0 Å². The van der Waals surface area contributed by atoms with Gasteiger partial charge >= 0.3 is 0 Å². The van der Waals surface area contributed by atoms with Crippen LogP contribution in [0.4, 0.5) is 0 Å². The lowest BCUT2D eigenvalue weighted by Crippen LogP contribution is -2.33. The predicted molar refractivity (Wildman–Crippen MR) is 97.2 cm³/mol. The number of carbonyl (C=O) groups excluding carboxylic acids is 2. The summed E-state index contributed by atoms with van der Waals surface area (Å²) >= 11 is 6.26. The number of nitrogens with zero attached hydrogens (tertiary/aromatic N) is 2. The van der Waals surface area contributed by atoms with E-state index in [4.69, 9.17) is 11.6 Å². The van der Waals surface area contributed by atoms with Crippen molar-refractivity contribution in [3.8, 4) is 0 Å². The minimum Gasteiger partial charge on any atom is -0.353 e. The number of benzene rings is 1. The van der Waals surface area contributed by atoms with Gasteiger partial charge in [-0.2, -0.15) is 5.10 Å². The van der Waals surface area contributed by atoms with Crippen LogP contribution in [0, 0.1) is 0 Å². The van der Waals surface area contributed by atoms with Crippen LogP contribution in [-0.2, 0) is 23.2 Å². The van der Waals surface area contributed by atoms with Crippen LogP contribution in [0.2, 0.25) is 5.02 Å². The molecule has 1 aromatic heterocycles. The highest BCUT2D eigenvalue weighted by Gasteiger charge is 2.18. The third-order valence-corrected chi connectivity index (χ3v) is 4.97. The molecule has 6 nitrogen and oxygen atoms in total. The van der Waals surface area contributed by atoms with Crippen molar-refractivity contribution < 1.29 is 9.59 Å². The van der Waals surface area contributed by atoms with Crippen LogP contribution in [0.5, 0.6) is 0 Å². The molecule has 0 radical (unpaired) electrons. The fourth-order valence-corrected chi connectivity index (χ4v) is 3.62. The molecule has 1 fully saturated rings. The number of rotatable bonds is 6. The van der Waals surface area contributed by atoms with Crippen molar-refractivity contribution in [2.24, 2.45) is 7.05 Å². The van der Waals surface area contributed by atoms with Crippen molar-refractivity contribution in [2.75, 3.05) is 0 Å². The van der Waals surface area contributed by atoms with E-state index in [1.807, 2.05) is 25.2 Å². The summed E-state index contributed by atoms with van der Waals surface area (Å²) < 4.78 is 1.75. The molecule has 2 N–H and O–H groups in total. The molecule has 0 bridgehead atoms. The molecule has 0 saturated heterocycles. The van der Waals surface area contributed by atoms with Gasteiger partial charge in [-0.25, -0.2) is 0 Å². The van der Waals surface area contributed by atoms with E-state index >= 15 is 0 Å². The Morgan fingerprint density at radius 3 is 2.72 bits per heavy atom. The molecular formula is C18H23ClN4O2. The van der Waals surface area contributed by atoms with E-state index in [1.54, 1.807) is 4.68 Å². The van der Waals surface area contributed by atoms with Gasteiger partial charge in [0.2, 0.25) is 11.8 Å². The fourth-order valence-electron chi connectivity index (χ4n) is 3.34. The highest BCUT2D eigenvalue weighted by molar-refractivity contribution is 6.35. The summed E-state index contributed by atoms with van der Waals surface area (Å²) in [7, 11) is 1.84. The number of halogens is 1. The topological polar surface area (TPSA) is 76.0 Å². The second-order valence-electron chi connectivity index (χ2n) is 6.53. The number of aryl methyl sites for hydroxylation is 1. The Morgan fingerprint density at radius 1 is 1.24 bits per heavy atom. The molecule has 0 spiro atoms. The first kappa shape index (κ1) is 17.7. The molecule has 1 heterocycles. The average molecular weight is 363 g/mol. The first-order valence-corrected chi connectivity index (χ1v) is 9.08. The number of amides is 2. The summed E-state index contributed by atoms with van der Waals surface area (Å²) in [5.41, 5.74) is 1.65. The Labute approximate surface area is 151 Å². The van der Waals surface area contributed by atoms with Gasteiger partial charge in [-0.15, -0.1) is 0 Å². The summed E-state index contributed by atoms with van der Waals surface area (Å²) in [6.45, 7) is 0.296. The number of nitrogens with one attached hydrogen (secondary N) is 2. The molecule has 1 aliphatic rings. The summed E-state index contributed by atoms with van der Waals surface area (Å²) in [6, 6.07) is 5.91. The van der Waals surface area contributed by atoms with Gasteiger partial charge in [0, 0.05) is 31.3 Å². The molecule has 2 amide bonds. The Morgan fingerprint density at radius 2 is 1.96 bits per heavy atom. The largest absolute Gasteiger partial charge is 0.353 e. The van der Waals surface area contributed by atoms with E-state index in [0.717, 1.165) is 29.4 Å². The highest BCUT2D eigenvalue weighted by Crippen LogP contribution is 2.26. The predicted octanol–water partition coefficient (Wildman–Crippen LogP) is 2.68. The van der Waals surface area contributed by atoms with Gasteiger partial charge in [0.1, 0.15) is 0 Å². The maximum atomic E-state index is 12.0. The van der Waals surface area contributed by atoms with Crippen molar-refractivity contribution in [3.63, 3.8) is 0 Å². The molecule has 134 valence electrons. The Kier molecular flexibility index (Phi) is 5.58. The van der Waals surface area contributed by atoms with Gasteiger partial charge in [-0.05, 0) is 25.0 Å². The maximum absolute atomic E-state index is 12.0. The summed E-state index contributed by atoms with van der Waals surface area (Å²) in [6.07, 6.45) is 4.83. The lowest BCUT2D eigenvalue weighted by molar-refractivity contribution is -0.126. The molecule has 0 atom stereocenters. The van der Waals surface area contributed by atoms with Crippen molar-refractivity contribution in [3.05, 3.63) is 28.9 Å². The van der Waals surface area contributed by atoms with Crippen molar-refractivity contribution in [1.82, 2.24) is 20.4 Å².